The minimum Gasteiger partial charge on any atom is -0.452 e. The van der Waals surface area contributed by atoms with Crippen molar-refractivity contribution in [3.63, 3.8) is 0 Å². The molecular formula is C23H22N2O3. The quantitative estimate of drug-likeness (QED) is 0.523. The van der Waals surface area contributed by atoms with Gasteiger partial charge in [-0.05, 0) is 37.1 Å². The lowest BCUT2D eigenvalue weighted by Crippen LogP contribution is -2.31. The van der Waals surface area contributed by atoms with Crippen LogP contribution in [0.1, 0.15) is 29.7 Å². The molecule has 1 aromatic heterocycles. The van der Waals surface area contributed by atoms with Gasteiger partial charge in [0.1, 0.15) is 0 Å². The number of rotatable bonds is 6. The molecule has 5 nitrogen and oxygen atoms in total. The molecule has 0 aliphatic rings. The van der Waals surface area contributed by atoms with Gasteiger partial charge in [-0.1, -0.05) is 48.5 Å². The molecular weight excluding hydrogens is 352 g/mol. The summed E-state index contributed by atoms with van der Waals surface area (Å²) in [5, 5.41) is 3.83. The summed E-state index contributed by atoms with van der Waals surface area (Å²) in [7, 11) is 0. The van der Waals surface area contributed by atoms with Gasteiger partial charge in [-0.2, -0.15) is 0 Å². The number of benzene rings is 2. The van der Waals surface area contributed by atoms with Crippen molar-refractivity contribution < 1.29 is 14.3 Å². The standard InChI is InChI=1S/C23H22N2O3/c1-16-7-3-4-11-20(16)17(2)25-21(26)15-28-22(27)13-12-19-9-5-8-18-10-6-14-24-23(18)19/h3-14,17H,15H2,1-2H3,(H,25,26)/b13-12+. The number of nitrogens with one attached hydrogen (secondary N) is 1. The number of esters is 1. The highest BCUT2D eigenvalue weighted by molar-refractivity contribution is 5.93. The van der Waals surface area contributed by atoms with Crippen LogP contribution in [0.5, 0.6) is 0 Å². The molecule has 0 fully saturated rings. The number of nitrogens with zero attached hydrogens (tertiary/aromatic N) is 1. The van der Waals surface area contributed by atoms with Crippen molar-refractivity contribution in [2.45, 2.75) is 19.9 Å². The number of para-hydroxylation sites is 1. The zero-order valence-corrected chi connectivity index (χ0v) is 15.9. The Morgan fingerprint density at radius 1 is 1.11 bits per heavy atom. The van der Waals surface area contributed by atoms with Crippen LogP contribution in [-0.4, -0.2) is 23.5 Å². The number of hydrogen-bond acceptors (Lipinski definition) is 4. The minimum absolute atomic E-state index is 0.162. The summed E-state index contributed by atoms with van der Waals surface area (Å²) in [5.41, 5.74) is 3.75. The van der Waals surface area contributed by atoms with E-state index in [4.69, 9.17) is 4.74 Å². The Balaban J connectivity index is 1.54. The predicted octanol–water partition coefficient (Wildman–Crippen LogP) is 3.98. The number of fused-ring (bicyclic) bond motifs is 1. The smallest absolute Gasteiger partial charge is 0.331 e. The maximum atomic E-state index is 12.1. The van der Waals surface area contributed by atoms with Crippen LogP contribution in [-0.2, 0) is 14.3 Å². The summed E-state index contributed by atoms with van der Waals surface area (Å²) in [6.07, 6.45) is 4.66. The molecule has 0 aliphatic heterocycles. The fraction of sp³-hybridized carbons (Fsp3) is 0.174. The fourth-order valence-corrected chi connectivity index (χ4v) is 3.04. The molecule has 1 atom stereocenters. The first-order chi connectivity index (χ1) is 13.5. The molecule has 1 N–H and O–H groups in total. The van der Waals surface area contributed by atoms with Crippen molar-refractivity contribution >= 4 is 28.9 Å². The Labute approximate surface area is 164 Å². The molecule has 142 valence electrons. The molecule has 1 unspecified atom stereocenters. The van der Waals surface area contributed by atoms with Crippen molar-refractivity contribution in [1.82, 2.24) is 10.3 Å². The Morgan fingerprint density at radius 3 is 2.71 bits per heavy atom. The third-order valence-electron chi connectivity index (χ3n) is 4.44. The van der Waals surface area contributed by atoms with Gasteiger partial charge in [0.25, 0.3) is 5.91 Å². The van der Waals surface area contributed by atoms with Crippen LogP contribution in [0.2, 0.25) is 0 Å². The van der Waals surface area contributed by atoms with Crippen LogP contribution in [0.25, 0.3) is 17.0 Å². The Bertz CT molecular complexity index is 1020. The molecule has 0 bridgehead atoms. The summed E-state index contributed by atoms with van der Waals surface area (Å²) in [4.78, 5) is 28.4. The lowest BCUT2D eigenvalue weighted by atomic mass is 10.0. The van der Waals surface area contributed by atoms with E-state index in [2.05, 4.69) is 10.3 Å². The SMILES string of the molecule is Cc1ccccc1C(C)NC(=O)COC(=O)/C=C/c1cccc2cccnc12. The number of hydrogen-bond donors (Lipinski definition) is 1. The number of aromatic nitrogens is 1. The van der Waals surface area contributed by atoms with E-state index in [1.807, 2.05) is 68.4 Å². The average molecular weight is 374 g/mol. The van der Waals surface area contributed by atoms with E-state index >= 15 is 0 Å². The second kappa shape index (κ2) is 8.95. The van der Waals surface area contributed by atoms with Crippen molar-refractivity contribution in [3.05, 3.63) is 83.6 Å². The molecule has 2 aromatic carbocycles. The minimum atomic E-state index is -0.577. The molecule has 1 heterocycles. The highest BCUT2D eigenvalue weighted by Crippen LogP contribution is 2.17. The Morgan fingerprint density at radius 2 is 1.89 bits per heavy atom. The molecule has 3 aromatic rings. The molecule has 3 rings (SSSR count). The number of ether oxygens (including phenoxy) is 1. The number of pyridine rings is 1. The fourth-order valence-electron chi connectivity index (χ4n) is 3.04. The molecule has 28 heavy (non-hydrogen) atoms. The van der Waals surface area contributed by atoms with E-state index in [9.17, 15) is 9.59 Å². The van der Waals surface area contributed by atoms with E-state index in [1.165, 1.54) is 6.08 Å². The number of carbonyl (C=O) groups is 2. The van der Waals surface area contributed by atoms with Gasteiger partial charge >= 0.3 is 5.97 Å². The molecule has 0 radical (unpaired) electrons. The van der Waals surface area contributed by atoms with Crippen molar-refractivity contribution in [1.29, 1.82) is 0 Å². The molecule has 0 saturated heterocycles. The zero-order chi connectivity index (χ0) is 19.9. The first-order valence-corrected chi connectivity index (χ1v) is 9.08. The highest BCUT2D eigenvalue weighted by atomic mass is 16.5. The van der Waals surface area contributed by atoms with Crippen LogP contribution in [0.15, 0.2) is 66.9 Å². The van der Waals surface area contributed by atoms with Gasteiger partial charge in [-0.3, -0.25) is 9.78 Å². The topological polar surface area (TPSA) is 68.3 Å². The van der Waals surface area contributed by atoms with Crippen LogP contribution in [0.4, 0.5) is 0 Å². The first-order valence-electron chi connectivity index (χ1n) is 9.08. The number of carbonyl (C=O) groups excluding carboxylic acids is 2. The number of amides is 1. The van der Waals surface area contributed by atoms with Gasteiger partial charge in [0, 0.05) is 23.2 Å². The largest absolute Gasteiger partial charge is 0.452 e. The Kier molecular flexibility index (Phi) is 6.17. The maximum absolute atomic E-state index is 12.1. The van der Waals surface area contributed by atoms with Crippen molar-refractivity contribution in [3.8, 4) is 0 Å². The summed E-state index contributed by atoms with van der Waals surface area (Å²) in [6, 6.07) is 17.2. The van der Waals surface area contributed by atoms with E-state index in [1.54, 1.807) is 12.3 Å². The lowest BCUT2D eigenvalue weighted by molar-refractivity contribution is -0.144. The van der Waals surface area contributed by atoms with E-state index < -0.39 is 5.97 Å². The number of aryl methyl sites for hydroxylation is 1. The van der Waals surface area contributed by atoms with Gasteiger partial charge in [-0.25, -0.2) is 4.79 Å². The van der Waals surface area contributed by atoms with Gasteiger partial charge in [0.15, 0.2) is 6.61 Å². The third kappa shape index (κ3) is 4.82. The summed E-state index contributed by atoms with van der Waals surface area (Å²) >= 11 is 0. The van der Waals surface area contributed by atoms with Gasteiger partial charge in [0.05, 0.1) is 11.6 Å². The maximum Gasteiger partial charge on any atom is 0.331 e. The Hall–Kier alpha value is -3.47. The predicted molar refractivity (Wildman–Crippen MR) is 109 cm³/mol. The lowest BCUT2D eigenvalue weighted by Gasteiger charge is -2.16. The first kappa shape index (κ1) is 19.3. The average Bonchev–Trinajstić information content (AvgIpc) is 2.71. The van der Waals surface area contributed by atoms with Crippen LogP contribution >= 0.6 is 0 Å². The van der Waals surface area contributed by atoms with E-state index in [-0.39, 0.29) is 18.6 Å². The summed E-state index contributed by atoms with van der Waals surface area (Å²) < 4.78 is 5.05. The van der Waals surface area contributed by atoms with Crippen LogP contribution in [0, 0.1) is 6.92 Å². The van der Waals surface area contributed by atoms with Gasteiger partial charge in [-0.15, -0.1) is 0 Å². The normalized spacial score (nSPS) is 12.1. The van der Waals surface area contributed by atoms with Crippen molar-refractivity contribution in [2.75, 3.05) is 6.61 Å². The monoisotopic (exact) mass is 374 g/mol. The van der Waals surface area contributed by atoms with Crippen molar-refractivity contribution in [2.24, 2.45) is 0 Å². The van der Waals surface area contributed by atoms with E-state index in [0.717, 1.165) is 27.6 Å². The molecule has 0 saturated carbocycles. The summed E-state index contributed by atoms with van der Waals surface area (Å²) in [5.74, 6) is -0.920. The summed E-state index contributed by atoms with van der Waals surface area (Å²) in [6.45, 7) is 3.56. The molecule has 0 spiro atoms. The van der Waals surface area contributed by atoms with Gasteiger partial charge < -0.3 is 10.1 Å². The zero-order valence-electron chi connectivity index (χ0n) is 15.9. The second-order valence-electron chi connectivity index (χ2n) is 6.51. The third-order valence-corrected chi connectivity index (χ3v) is 4.44. The highest BCUT2D eigenvalue weighted by Gasteiger charge is 2.12. The second-order valence-corrected chi connectivity index (χ2v) is 6.51. The van der Waals surface area contributed by atoms with Crippen LogP contribution < -0.4 is 5.32 Å². The van der Waals surface area contributed by atoms with E-state index in [0.29, 0.717) is 0 Å². The van der Waals surface area contributed by atoms with Gasteiger partial charge in [0.2, 0.25) is 0 Å². The molecule has 0 aliphatic carbocycles. The molecule has 1 amide bonds. The molecule has 5 heteroatoms. The van der Waals surface area contributed by atoms with Crippen LogP contribution in [0.3, 0.4) is 0 Å².